The summed E-state index contributed by atoms with van der Waals surface area (Å²) in [6, 6.07) is 8.92. The van der Waals surface area contributed by atoms with E-state index in [1.54, 1.807) is 36.7 Å². The molecule has 1 N–H and O–H groups in total. The molecule has 0 radical (unpaired) electrons. The molecule has 0 unspecified atom stereocenters. The van der Waals surface area contributed by atoms with Crippen LogP contribution in [-0.4, -0.2) is 15.0 Å². The van der Waals surface area contributed by atoms with Gasteiger partial charge in [-0.1, -0.05) is 29.3 Å². The van der Waals surface area contributed by atoms with E-state index in [0.717, 1.165) is 16.7 Å². The SMILES string of the molecule is O=c1[nH]c(-c2ccncc2)nc2scc(-c3ccc(Cl)c(Cl)c3)c12. The second-order valence-corrected chi connectivity index (χ2v) is 6.78. The van der Waals surface area contributed by atoms with Crippen LogP contribution in [0.3, 0.4) is 0 Å². The second-order valence-electron chi connectivity index (χ2n) is 5.11. The van der Waals surface area contributed by atoms with E-state index in [4.69, 9.17) is 23.2 Å². The van der Waals surface area contributed by atoms with E-state index in [0.29, 0.717) is 26.1 Å². The van der Waals surface area contributed by atoms with Crippen molar-refractivity contribution in [2.24, 2.45) is 0 Å². The van der Waals surface area contributed by atoms with Gasteiger partial charge in [-0.05, 0) is 29.8 Å². The monoisotopic (exact) mass is 373 g/mol. The summed E-state index contributed by atoms with van der Waals surface area (Å²) in [4.78, 5) is 24.7. The molecule has 4 nitrogen and oxygen atoms in total. The van der Waals surface area contributed by atoms with Crippen molar-refractivity contribution >= 4 is 44.8 Å². The number of hydrogen-bond acceptors (Lipinski definition) is 4. The van der Waals surface area contributed by atoms with E-state index in [9.17, 15) is 4.79 Å². The summed E-state index contributed by atoms with van der Waals surface area (Å²) in [5.74, 6) is 0.525. The molecular weight excluding hydrogens is 365 g/mol. The van der Waals surface area contributed by atoms with Crippen molar-refractivity contribution in [2.45, 2.75) is 0 Å². The highest BCUT2D eigenvalue weighted by Gasteiger charge is 2.14. The zero-order chi connectivity index (χ0) is 16.7. The van der Waals surface area contributed by atoms with Gasteiger partial charge in [0, 0.05) is 28.9 Å². The molecule has 0 atom stereocenters. The minimum absolute atomic E-state index is 0.186. The summed E-state index contributed by atoms with van der Waals surface area (Å²) in [7, 11) is 0. The summed E-state index contributed by atoms with van der Waals surface area (Å²) in [5.41, 5.74) is 2.26. The Hall–Kier alpha value is -2.21. The lowest BCUT2D eigenvalue weighted by Crippen LogP contribution is -2.09. The van der Waals surface area contributed by atoms with Gasteiger partial charge in [0.05, 0.1) is 15.4 Å². The quantitative estimate of drug-likeness (QED) is 0.536. The molecule has 4 aromatic rings. The van der Waals surface area contributed by atoms with E-state index in [1.807, 2.05) is 11.4 Å². The number of nitrogens with zero attached hydrogens (tertiary/aromatic N) is 2. The number of fused-ring (bicyclic) bond motifs is 1. The lowest BCUT2D eigenvalue weighted by molar-refractivity contribution is 1.18. The van der Waals surface area contributed by atoms with Gasteiger partial charge in [-0.15, -0.1) is 11.3 Å². The Morgan fingerprint density at radius 3 is 2.54 bits per heavy atom. The van der Waals surface area contributed by atoms with E-state index >= 15 is 0 Å². The van der Waals surface area contributed by atoms with Crippen LogP contribution in [0.1, 0.15) is 0 Å². The van der Waals surface area contributed by atoms with Crippen LogP contribution in [0, 0.1) is 0 Å². The standard InChI is InChI=1S/C17H9Cl2N3OS/c18-12-2-1-10(7-13(12)19)11-8-24-17-14(11)16(23)21-15(22-17)9-3-5-20-6-4-9/h1-8H,(H,21,22,23). The zero-order valence-electron chi connectivity index (χ0n) is 12.1. The molecule has 0 saturated heterocycles. The minimum atomic E-state index is -0.186. The Morgan fingerprint density at radius 2 is 1.79 bits per heavy atom. The predicted molar refractivity (Wildman–Crippen MR) is 98.9 cm³/mol. The third kappa shape index (κ3) is 2.60. The van der Waals surface area contributed by atoms with E-state index in [2.05, 4.69) is 15.0 Å². The number of benzene rings is 1. The highest BCUT2D eigenvalue weighted by Crippen LogP contribution is 2.34. The molecule has 0 aliphatic carbocycles. The molecular formula is C17H9Cl2N3OS. The highest BCUT2D eigenvalue weighted by atomic mass is 35.5. The number of hydrogen-bond donors (Lipinski definition) is 1. The van der Waals surface area contributed by atoms with Gasteiger partial charge in [-0.2, -0.15) is 0 Å². The van der Waals surface area contributed by atoms with E-state index < -0.39 is 0 Å². The normalized spacial score (nSPS) is 11.1. The van der Waals surface area contributed by atoms with Gasteiger partial charge in [0.1, 0.15) is 10.7 Å². The van der Waals surface area contributed by atoms with Crippen LogP contribution in [-0.2, 0) is 0 Å². The average molecular weight is 374 g/mol. The van der Waals surface area contributed by atoms with Crippen LogP contribution in [0.15, 0.2) is 52.9 Å². The molecule has 3 heterocycles. The van der Waals surface area contributed by atoms with Gasteiger partial charge >= 0.3 is 0 Å². The first-order chi connectivity index (χ1) is 11.6. The van der Waals surface area contributed by atoms with Gasteiger partial charge in [0.25, 0.3) is 5.56 Å². The topological polar surface area (TPSA) is 58.6 Å². The summed E-state index contributed by atoms with van der Waals surface area (Å²) >= 11 is 13.5. The summed E-state index contributed by atoms with van der Waals surface area (Å²) in [6.45, 7) is 0. The molecule has 24 heavy (non-hydrogen) atoms. The van der Waals surface area contributed by atoms with Crippen molar-refractivity contribution in [3.8, 4) is 22.5 Å². The molecule has 0 fully saturated rings. The number of H-pyrrole nitrogens is 1. The van der Waals surface area contributed by atoms with Crippen LogP contribution in [0.5, 0.6) is 0 Å². The number of pyridine rings is 1. The number of halogens is 2. The summed E-state index contributed by atoms with van der Waals surface area (Å²) < 4.78 is 0. The third-order valence-corrected chi connectivity index (χ3v) is 5.24. The van der Waals surface area contributed by atoms with Gasteiger partial charge in [-0.25, -0.2) is 4.98 Å². The molecule has 0 aliphatic heterocycles. The van der Waals surface area contributed by atoms with Gasteiger partial charge < -0.3 is 4.98 Å². The fraction of sp³-hybridized carbons (Fsp3) is 0. The second kappa shape index (κ2) is 6.02. The van der Waals surface area contributed by atoms with Crippen molar-refractivity contribution in [3.05, 3.63) is 68.5 Å². The Kier molecular flexibility index (Phi) is 3.84. The lowest BCUT2D eigenvalue weighted by atomic mass is 10.1. The van der Waals surface area contributed by atoms with Crippen molar-refractivity contribution in [2.75, 3.05) is 0 Å². The predicted octanol–water partition coefficient (Wildman–Crippen LogP) is 5.02. The molecule has 0 amide bonds. The molecule has 0 saturated carbocycles. The van der Waals surface area contributed by atoms with Crippen molar-refractivity contribution in [1.29, 1.82) is 0 Å². The van der Waals surface area contributed by atoms with Crippen LogP contribution in [0.2, 0.25) is 10.0 Å². The summed E-state index contributed by atoms with van der Waals surface area (Å²) in [6.07, 6.45) is 3.32. The highest BCUT2D eigenvalue weighted by molar-refractivity contribution is 7.17. The van der Waals surface area contributed by atoms with Crippen LogP contribution < -0.4 is 5.56 Å². The largest absolute Gasteiger partial charge is 0.306 e. The lowest BCUT2D eigenvalue weighted by Gasteiger charge is -2.03. The Bertz CT molecular complexity index is 1110. The van der Waals surface area contributed by atoms with Crippen LogP contribution >= 0.6 is 34.5 Å². The van der Waals surface area contributed by atoms with Crippen molar-refractivity contribution in [1.82, 2.24) is 15.0 Å². The molecule has 3 aromatic heterocycles. The smallest absolute Gasteiger partial charge is 0.260 e. The van der Waals surface area contributed by atoms with E-state index in [1.165, 1.54) is 11.3 Å². The van der Waals surface area contributed by atoms with E-state index in [-0.39, 0.29) is 5.56 Å². The minimum Gasteiger partial charge on any atom is -0.306 e. The molecule has 0 bridgehead atoms. The first kappa shape index (κ1) is 15.3. The first-order valence-corrected chi connectivity index (χ1v) is 8.64. The average Bonchev–Trinajstić information content (AvgIpc) is 3.03. The van der Waals surface area contributed by atoms with Crippen molar-refractivity contribution in [3.63, 3.8) is 0 Å². The maximum Gasteiger partial charge on any atom is 0.260 e. The van der Waals surface area contributed by atoms with Crippen LogP contribution in [0.4, 0.5) is 0 Å². The number of aromatic amines is 1. The Morgan fingerprint density at radius 1 is 1.00 bits per heavy atom. The fourth-order valence-corrected chi connectivity index (χ4v) is 3.72. The maximum atomic E-state index is 12.6. The molecule has 7 heteroatoms. The van der Waals surface area contributed by atoms with Crippen molar-refractivity contribution < 1.29 is 0 Å². The number of nitrogens with one attached hydrogen (secondary N) is 1. The Labute approximate surface area is 150 Å². The third-order valence-electron chi connectivity index (χ3n) is 3.63. The fourth-order valence-electron chi connectivity index (χ4n) is 2.47. The zero-order valence-corrected chi connectivity index (χ0v) is 14.4. The Balaban J connectivity index is 1.91. The van der Waals surface area contributed by atoms with Gasteiger partial charge in [-0.3, -0.25) is 9.78 Å². The number of aromatic nitrogens is 3. The first-order valence-electron chi connectivity index (χ1n) is 7.01. The molecule has 118 valence electrons. The molecule has 0 spiro atoms. The van der Waals surface area contributed by atoms with Gasteiger partial charge in [0.2, 0.25) is 0 Å². The molecule has 0 aliphatic rings. The number of rotatable bonds is 2. The molecule has 4 rings (SSSR count). The summed E-state index contributed by atoms with van der Waals surface area (Å²) in [5, 5.41) is 3.39. The van der Waals surface area contributed by atoms with Crippen LogP contribution in [0.25, 0.3) is 32.7 Å². The van der Waals surface area contributed by atoms with Gasteiger partial charge in [0.15, 0.2) is 0 Å². The number of thiophene rings is 1. The molecule has 1 aromatic carbocycles. The maximum absolute atomic E-state index is 12.6.